The summed E-state index contributed by atoms with van der Waals surface area (Å²) >= 11 is 0. The van der Waals surface area contributed by atoms with Gasteiger partial charge in [0.25, 0.3) is 0 Å². The molecule has 0 spiro atoms. The normalized spacial score (nSPS) is 24.3. The summed E-state index contributed by atoms with van der Waals surface area (Å²) in [6.07, 6.45) is 7.86. The van der Waals surface area contributed by atoms with Crippen LogP contribution in [0.3, 0.4) is 0 Å². The maximum absolute atomic E-state index is 13.2. The zero-order valence-corrected chi connectivity index (χ0v) is 16.1. The zero-order chi connectivity index (χ0) is 17.8. The lowest BCUT2D eigenvalue weighted by Crippen LogP contribution is -2.58. The Balaban J connectivity index is 1.62. The quantitative estimate of drug-likeness (QED) is 0.765. The Hall–Kier alpha value is -1.10. The summed E-state index contributed by atoms with van der Waals surface area (Å²) in [7, 11) is 0. The molecule has 0 radical (unpaired) electrons. The van der Waals surface area contributed by atoms with E-state index in [1.54, 1.807) is 0 Å². The van der Waals surface area contributed by atoms with Gasteiger partial charge in [-0.3, -0.25) is 14.5 Å². The third kappa shape index (κ3) is 4.55. The van der Waals surface area contributed by atoms with E-state index in [1.165, 1.54) is 25.7 Å². The van der Waals surface area contributed by atoms with Crippen molar-refractivity contribution in [1.82, 2.24) is 14.7 Å². The third-order valence-corrected chi connectivity index (χ3v) is 6.16. The van der Waals surface area contributed by atoms with Gasteiger partial charge in [0.1, 0.15) is 0 Å². The van der Waals surface area contributed by atoms with Crippen molar-refractivity contribution in [2.75, 3.05) is 39.3 Å². The molecule has 5 nitrogen and oxygen atoms in total. The molecule has 0 unspecified atom stereocenters. The van der Waals surface area contributed by atoms with E-state index < -0.39 is 0 Å². The second kappa shape index (κ2) is 8.52. The van der Waals surface area contributed by atoms with Crippen LogP contribution < -0.4 is 0 Å². The number of likely N-dealkylation sites (tertiary alicyclic amines) is 1. The molecule has 3 aliphatic rings. The fourth-order valence-electron chi connectivity index (χ4n) is 4.78. The Kier molecular flexibility index (Phi) is 6.37. The smallest absolute Gasteiger partial charge is 0.240 e. The zero-order valence-electron chi connectivity index (χ0n) is 16.1. The lowest BCUT2D eigenvalue weighted by Gasteiger charge is -2.42. The van der Waals surface area contributed by atoms with E-state index in [9.17, 15) is 9.59 Å². The van der Waals surface area contributed by atoms with Gasteiger partial charge < -0.3 is 9.80 Å². The van der Waals surface area contributed by atoms with Gasteiger partial charge in [0, 0.05) is 45.7 Å². The van der Waals surface area contributed by atoms with Gasteiger partial charge in [-0.25, -0.2) is 0 Å². The largest absolute Gasteiger partial charge is 0.341 e. The average molecular weight is 350 g/mol. The minimum absolute atomic E-state index is 0.0583. The summed E-state index contributed by atoms with van der Waals surface area (Å²) in [6, 6.07) is 0.0583. The Bertz CT molecular complexity index is 460. The maximum atomic E-state index is 13.2. The number of nitrogens with zero attached hydrogens (tertiary/aromatic N) is 3. The van der Waals surface area contributed by atoms with E-state index >= 15 is 0 Å². The standard InChI is InChI=1S/C20H35N3O2/c1-16(2)15-18(24)21-11-13-22(14-12-21)19(17-7-3-4-8-17)20(25)23-9-5-6-10-23/h16-17,19H,3-15H2,1-2H3/t19-/m0/s1. The van der Waals surface area contributed by atoms with Crippen LogP contribution in [0.5, 0.6) is 0 Å². The maximum Gasteiger partial charge on any atom is 0.240 e. The van der Waals surface area contributed by atoms with E-state index in [2.05, 4.69) is 23.6 Å². The average Bonchev–Trinajstić information content (AvgIpc) is 3.29. The van der Waals surface area contributed by atoms with Crippen molar-refractivity contribution < 1.29 is 9.59 Å². The minimum Gasteiger partial charge on any atom is -0.341 e. The van der Waals surface area contributed by atoms with E-state index in [4.69, 9.17) is 0 Å². The lowest BCUT2D eigenvalue weighted by atomic mass is 9.94. The molecule has 0 aromatic heterocycles. The summed E-state index contributed by atoms with van der Waals surface area (Å²) < 4.78 is 0. The van der Waals surface area contributed by atoms with E-state index in [0.717, 1.165) is 52.1 Å². The van der Waals surface area contributed by atoms with Gasteiger partial charge in [-0.2, -0.15) is 0 Å². The van der Waals surface area contributed by atoms with Gasteiger partial charge in [-0.1, -0.05) is 26.7 Å². The Labute approximate surface area is 152 Å². The highest BCUT2D eigenvalue weighted by atomic mass is 16.2. The van der Waals surface area contributed by atoms with Crippen LogP contribution in [0.1, 0.15) is 58.8 Å². The molecule has 0 aromatic carbocycles. The highest BCUT2D eigenvalue weighted by Crippen LogP contribution is 2.32. The van der Waals surface area contributed by atoms with Crippen molar-refractivity contribution in [2.45, 2.75) is 64.8 Å². The first kappa shape index (κ1) is 18.7. The van der Waals surface area contributed by atoms with Gasteiger partial charge >= 0.3 is 0 Å². The fraction of sp³-hybridized carbons (Fsp3) is 0.900. The van der Waals surface area contributed by atoms with Crippen molar-refractivity contribution in [3.05, 3.63) is 0 Å². The first-order chi connectivity index (χ1) is 12.1. The van der Waals surface area contributed by atoms with Gasteiger partial charge in [0.2, 0.25) is 11.8 Å². The van der Waals surface area contributed by atoms with Crippen molar-refractivity contribution in [3.63, 3.8) is 0 Å². The molecule has 0 bridgehead atoms. The van der Waals surface area contributed by atoms with E-state index in [1.807, 2.05) is 4.90 Å². The third-order valence-electron chi connectivity index (χ3n) is 6.16. The van der Waals surface area contributed by atoms with Crippen molar-refractivity contribution >= 4 is 11.8 Å². The Morgan fingerprint density at radius 2 is 1.44 bits per heavy atom. The van der Waals surface area contributed by atoms with Crippen molar-refractivity contribution in [2.24, 2.45) is 11.8 Å². The summed E-state index contributed by atoms with van der Waals surface area (Å²) in [5, 5.41) is 0. The molecule has 1 atom stereocenters. The first-order valence-corrected chi connectivity index (χ1v) is 10.4. The van der Waals surface area contributed by atoms with Gasteiger partial charge in [0.05, 0.1) is 6.04 Å². The number of carbonyl (C=O) groups excluding carboxylic acids is 2. The van der Waals surface area contributed by atoms with Crippen LogP contribution >= 0.6 is 0 Å². The molecule has 5 heteroatoms. The van der Waals surface area contributed by atoms with Crippen LogP contribution in [0.4, 0.5) is 0 Å². The van der Waals surface area contributed by atoms with Crippen LogP contribution in [0.25, 0.3) is 0 Å². The Morgan fingerprint density at radius 1 is 0.840 bits per heavy atom. The van der Waals surface area contributed by atoms with Crippen LogP contribution in [0.2, 0.25) is 0 Å². The fourth-order valence-corrected chi connectivity index (χ4v) is 4.78. The van der Waals surface area contributed by atoms with Crippen LogP contribution in [0.15, 0.2) is 0 Å². The number of hydrogen-bond donors (Lipinski definition) is 0. The molecule has 1 saturated carbocycles. The number of carbonyl (C=O) groups is 2. The summed E-state index contributed by atoms with van der Waals surface area (Å²) in [5.74, 6) is 1.57. The molecular weight excluding hydrogens is 314 g/mol. The molecule has 142 valence electrons. The highest BCUT2D eigenvalue weighted by molar-refractivity contribution is 5.82. The molecule has 2 aliphatic heterocycles. The molecule has 2 amide bonds. The second-order valence-electron chi connectivity index (χ2n) is 8.54. The van der Waals surface area contributed by atoms with Crippen LogP contribution in [-0.2, 0) is 9.59 Å². The minimum atomic E-state index is 0.0583. The molecule has 2 saturated heterocycles. The van der Waals surface area contributed by atoms with Crippen molar-refractivity contribution in [3.8, 4) is 0 Å². The molecule has 25 heavy (non-hydrogen) atoms. The van der Waals surface area contributed by atoms with Gasteiger partial charge in [-0.05, 0) is 37.5 Å². The number of amides is 2. The molecule has 3 rings (SSSR count). The lowest BCUT2D eigenvalue weighted by molar-refractivity contribution is -0.140. The van der Waals surface area contributed by atoms with Crippen molar-refractivity contribution in [1.29, 1.82) is 0 Å². The first-order valence-electron chi connectivity index (χ1n) is 10.4. The predicted molar refractivity (Wildman–Crippen MR) is 99.2 cm³/mol. The van der Waals surface area contributed by atoms with Gasteiger partial charge in [0.15, 0.2) is 0 Å². The number of rotatable bonds is 5. The second-order valence-corrected chi connectivity index (χ2v) is 8.54. The van der Waals surface area contributed by atoms with E-state index in [-0.39, 0.29) is 11.9 Å². The summed E-state index contributed by atoms with van der Waals surface area (Å²) in [4.78, 5) is 32.0. The predicted octanol–water partition coefficient (Wildman–Crippen LogP) is 2.36. The monoisotopic (exact) mass is 349 g/mol. The molecule has 3 fully saturated rings. The van der Waals surface area contributed by atoms with E-state index in [0.29, 0.717) is 24.2 Å². The van der Waals surface area contributed by atoms with Crippen LogP contribution in [0, 0.1) is 11.8 Å². The molecule has 1 aliphatic carbocycles. The SMILES string of the molecule is CC(C)CC(=O)N1CCN([C@H](C(=O)N2CCCC2)C2CCCC2)CC1. The Morgan fingerprint density at radius 3 is 2.00 bits per heavy atom. The molecule has 0 N–H and O–H groups in total. The topological polar surface area (TPSA) is 43.9 Å². The summed E-state index contributed by atoms with van der Waals surface area (Å²) in [6.45, 7) is 9.33. The number of hydrogen-bond acceptors (Lipinski definition) is 3. The molecular formula is C20H35N3O2. The molecule has 2 heterocycles. The summed E-state index contributed by atoms with van der Waals surface area (Å²) in [5.41, 5.74) is 0. The molecule has 0 aromatic rings. The highest BCUT2D eigenvalue weighted by Gasteiger charge is 2.39. The number of piperazine rings is 1. The van der Waals surface area contributed by atoms with Gasteiger partial charge in [-0.15, -0.1) is 0 Å². The van der Waals surface area contributed by atoms with Crippen LogP contribution in [-0.4, -0.2) is 71.8 Å².